The van der Waals surface area contributed by atoms with Crippen molar-refractivity contribution in [1.82, 2.24) is 9.78 Å². The van der Waals surface area contributed by atoms with Crippen molar-refractivity contribution in [2.24, 2.45) is 5.73 Å². The summed E-state index contributed by atoms with van der Waals surface area (Å²) in [4.78, 5) is 0. The number of hydrogen-bond acceptors (Lipinski definition) is 3. The van der Waals surface area contributed by atoms with Crippen molar-refractivity contribution >= 4 is 5.82 Å². The molecule has 0 amide bonds. The van der Waals surface area contributed by atoms with Crippen LogP contribution in [0.5, 0.6) is 0 Å². The van der Waals surface area contributed by atoms with Gasteiger partial charge < -0.3 is 11.5 Å². The van der Waals surface area contributed by atoms with Gasteiger partial charge in [0.25, 0.3) is 0 Å². The quantitative estimate of drug-likeness (QED) is 0.753. The lowest BCUT2D eigenvalue weighted by atomic mass is 9.93. The first-order valence-corrected chi connectivity index (χ1v) is 5.35. The van der Waals surface area contributed by atoms with Crippen molar-refractivity contribution in [3.63, 3.8) is 0 Å². The van der Waals surface area contributed by atoms with E-state index in [1.165, 1.54) is 19.3 Å². The minimum atomic E-state index is 0.557. The average Bonchev–Trinajstić information content (AvgIpc) is 2.43. The topological polar surface area (TPSA) is 69.9 Å². The molecular formula is C10H18N4. The fourth-order valence-corrected chi connectivity index (χ4v) is 1.81. The van der Waals surface area contributed by atoms with Gasteiger partial charge in [0, 0.05) is 5.56 Å². The van der Waals surface area contributed by atoms with Gasteiger partial charge >= 0.3 is 0 Å². The summed E-state index contributed by atoms with van der Waals surface area (Å²) in [5.41, 5.74) is 12.6. The standard InChI is InChI=1S/C10H18N4/c11-6-2-3-8-7-13-14(10(8)12)9-4-1-5-9/h7,9H,1-6,11-12H2. The van der Waals surface area contributed by atoms with Crippen molar-refractivity contribution in [1.29, 1.82) is 0 Å². The molecule has 0 atom stereocenters. The van der Waals surface area contributed by atoms with E-state index in [0.717, 1.165) is 24.2 Å². The zero-order valence-electron chi connectivity index (χ0n) is 8.45. The maximum Gasteiger partial charge on any atom is 0.125 e. The van der Waals surface area contributed by atoms with Crippen LogP contribution < -0.4 is 11.5 Å². The van der Waals surface area contributed by atoms with Gasteiger partial charge in [0.15, 0.2) is 0 Å². The number of nitrogens with two attached hydrogens (primary N) is 2. The molecule has 0 bridgehead atoms. The molecule has 1 fully saturated rings. The highest BCUT2D eigenvalue weighted by molar-refractivity contribution is 5.39. The lowest BCUT2D eigenvalue weighted by Crippen LogP contribution is -2.20. The third kappa shape index (κ3) is 1.62. The first kappa shape index (κ1) is 9.52. The summed E-state index contributed by atoms with van der Waals surface area (Å²) in [6, 6.07) is 0.557. The average molecular weight is 194 g/mol. The van der Waals surface area contributed by atoms with Gasteiger partial charge in [-0.15, -0.1) is 0 Å². The highest BCUT2D eigenvalue weighted by atomic mass is 15.3. The monoisotopic (exact) mass is 194 g/mol. The van der Waals surface area contributed by atoms with E-state index in [2.05, 4.69) is 5.10 Å². The molecule has 0 aliphatic heterocycles. The Bertz CT molecular complexity index is 301. The first-order chi connectivity index (χ1) is 6.83. The Kier molecular flexibility index (Phi) is 2.72. The highest BCUT2D eigenvalue weighted by Gasteiger charge is 2.22. The first-order valence-electron chi connectivity index (χ1n) is 5.35. The lowest BCUT2D eigenvalue weighted by Gasteiger charge is -2.26. The van der Waals surface area contributed by atoms with Gasteiger partial charge in [0.05, 0.1) is 12.2 Å². The van der Waals surface area contributed by atoms with Gasteiger partial charge in [-0.05, 0) is 38.6 Å². The number of nitrogens with zero attached hydrogens (tertiary/aromatic N) is 2. The summed E-state index contributed by atoms with van der Waals surface area (Å²) in [7, 11) is 0. The molecule has 0 spiro atoms. The molecule has 14 heavy (non-hydrogen) atoms. The molecule has 0 aromatic carbocycles. The zero-order valence-corrected chi connectivity index (χ0v) is 8.45. The molecule has 0 saturated heterocycles. The number of aromatic nitrogens is 2. The van der Waals surface area contributed by atoms with E-state index in [1.807, 2.05) is 10.9 Å². The summed E-state index contributed by atoms with van der Waals surface area (Å²) < 4.78 is 1.98. The third-order valence-corrected chi connectivity index (χ3v) is 2.98. The summed E-state index contributed by atoms with van der Waals surface area (Å²) in [5, 5.41) is 4.34. The minimum Gasteiger partial charge on any atom is -0.384 e. The predicted octanol–water partition coefficient (Wildman–Crippen LogP) is 1.08. The third-order valence-electron chi connectivity index (χ3n) is 2.98. The number of rotatable bonds is 4. The van der Waals surface area contributed by atoms with E-state index < -0.39 is 0 Å². The van der Waals surface area contributed by atoms with Crippen LogP contribution in [0.4, 0.5) is 5.82 Å². The van der Waals surface area contributed by atoms with Crippen molar-refractivity contribution in [2.75, 3.05) is 12.3 Å². The summed E-state index contributed by atoms with van der Waals surface area (Å²) in [5.74, 6) is 0.850. The van der Waals surface area contributed by atoms with Gasteiger partial charge in [-0.3, -0.25) is 0 Å². The molecule has 2 rings (SSSR count). The van der Waals surface area contributed by atoms with Crippen LogP contribution in [0.25, 0.3) is 0 Å². The second kappa shape index (κ2) is 4.00. The van der Waals surface area contributed by atoms with Gasteiger partial charge in [-0.1, -0.05) is 0 Å². The molecule has 1 saturated carbocycles. The molecule has 0 radical (unpaired) electrons. The molecule has 78 valence electrons. The summed E-state index contributed by atoms with van der Waals surface area (Å²) in [6.07, 6.45) is 7.59. The van der Waals surface area contributed by atoms with E-state index in [9.17, 15) is 0 Å². The molecule has 1 aliphatic carbocycles. The smallest absolute Gasteiger partial charge is 0.125 e. The van der Waals surface area contributed by atoms with Gasteiger partial charge in [-0.2, -0.15) is 5.10 Å². The van der Waals surface area contributed by atoms with Crippen LogP contribution in [0.3, 0.4) is 0 Å². The molecule has 1 heterocycles. The van der Waals surface area contributed by atoms with Crippen LogP contribution >= 0.6 is 0 Å². The largest absolute Gasteiger partial charge is 0.384 e. The Morgan fingerprint density at radius 2 is 2.29 bits per heavy atom. The molecule has 4 nitrogen and oxygen atoms in total. The maximum atomic E-state index is 6.01. The van der Waals surface area contributed by atoms with Crippen LogP contribution in [0, 0.1) is 0 Å². The van der Waals surface area contributed by atoms with Gasteiger partial charge in [0.2, 0.25) is 0 Å². The minimum absolute atomic E-state index is 0.557. The molecule has 4 heteroatoms. The second-order valence-electron chi connectivity index (χ2n) is 3.98. The van der Waals surface area contributed by atoms with Crippen LogP contribution in [-0.4, -0.2) is 16.3 Å². The van der Waals surface area contributed by atoms with Crippen LogP contribution in [-0.2, 0) is 6.42 Å². The van der Waals surface area contributed by atoms with Crippen LogP contribution in [0.15, 0.2) is 6.20 Å². The van der Waals surface area contributed by atoms with Crippen molar-refractivity contribution in [2.45, 2.75) is 38.1 Å². The Morgan fingerprint density at radius 3 is 2.86 bits per heavy atom. The zero-order chi connectivity index (χ0) is 9.97. The molecule has 1 aromatic rings. The Hall–Kier alpha value is -1.03. The van der Waals surface area contributed by atoms with Crippen molar-refractivity contribution in [3.8, 4) is 0 Å². The number of hydrogen-bond donors (Lipinski definition) is 2. The van der Waals surface area contributed by atoms with E-state index in [-0.39, 0.29) is 0 Å². The van der Waals surface area contributed by atoms with Crippen LogP contribution in [0.1, 0.15) is 37.3 Å². The number of nitrogen functional groups attached to an aromatic ring is 1. The maximum absolute atomic E-state index is 6.01. The highest BCUT2D eigenvalue weighted by Crippen LogP contribution is 2.33. The summed E-state index contributed by atoms with van der Waals surface area (Å²) in [6.45, 7) is 0.716. The predicted molar refractivity (Wildman–Crippen MR) is 56.9 cm³/mol. The normalized spacial score (nSPS) is 16.9. The van der Waals surface area contributed by atoms with Gasteiger partial charge in [0.1, 0.15) is 5.82 Å². The van der Waals surface area contributed by atoms with Gasteiger partial charge in [-0.25, -0.2) is 4.68 Å². The molecule has 0 unspecified atom stereocenters. The number of anilines is 1. The Balaban J connectivity index is 2.06. The fourth-order valence-electron chi connectivity index (χ4n) is 1.81. The van der Waals surface area contributed by atoms with E-state index in [0.29, 0.717) is 12.6 Å². The second-order valence-corrected chi connectivity index (χ2v) is 3.98. The fraction of sp³-hybridized carbons (Fsp3) is 0.700. The van der Waals surface area contributed by atoms with Crippen molar-refractivity contribution in [3.05, 3.63) is 11.8 Å². The van der Waals surface area contributed by atoms with E-state index in [1.54, 1.807) is 0 Å². The van der Waals surface area contributed by atoms with Crippen LogP contribution in [0.2, 0.25) is 0 Å². The molecular weight excluding hydrogens is 176 g/mol. The lowest BCUT2D eigenvalue weighted by molar-refractivity contribution is 0.293. The SMILES string of the molecule is NCCCc1cnn(C2CCC2)c1N. The number of aryl methyl sites for hydroxylation is 1. The van der Waals surface area contributed by atoms with Crippen molar-refractivity contribution < 1.29 is 0 Å². The molecule has 4 N–H and O–H groups in total. The Morgan fingerprint density at radius 1 is 1.50 bits per heavy atom. The van der Waals surface area contributed by atoms with E-state index in [4.69, 9.17) is 11.5 Å². The molecule has 1 aromatic heterocycles. The van der Waals surface area contributed by atoms with E-state index >= 15 is 0 Å². The Labute approximate surface area is 84.3 Å². The molecule has 1 aliphatic rings. The summed E-state index contributed by atoms with van der Waals surface area (Å²) >= 11 is 0.